The van der Waals surface area contributed by atoms with Gasteiger partial charge >= 0.3 is 12.3 Å². The van der Waals surface area contributed by atoms with E-state index in [0.29, 0.717) is 6.92 Å². The van der Waals surface area contributed by atoms with E-state index in [2.05, 4.69) is 25.3 Å². The first-order chi connectivity index (χ1) is 17.6. The molecule has 3 aromatic heterocycles. The number of nitrogen functional groups attached to an aromatic ring is 1. The second kappa shape index (κ2) is 9.30. The van der Waals surface area contributed by atoms with Gasteiger partial charge in [0.2, 0.25) is 5.60 Å². The molecule has 204 valence electrons. The fraction of sp³-hybridized carbons (Fsp3) is 0.381. The number of anilines is 2. The zero-order valence-corrected chi connectivity index (χ0v) is 19.7. The van der Waals surface area contributed by atoms with Crippen LogP contribution in [-0.2, 0) is 16.8 Å². The molecule has 0 aromatic carbocycles. The number of carbonyl (C=O) groups is 1. The number of hydrogen-bond acceptors (Lipinski definition) is 9. The number of alkyl halides is 5. The molecule has 0 radical (unpaired) electrons. The van der Waals surface area contributed by atoms with Gasteiger partial charge in [-0.05, 0) is 32.0 Å². The van der Waals surface area contributed by atoms with Crippen molar-refractivity contribution in [2.45, 2.75) is 44.1 Å². The highest BCUT2D eigenvalue weighted by molar-refractivity contribution is 5.90. The third-order valence-corrected chi connectivity index (χ3v) is 5.73. The Labute approximate surface area is 209 Å². The summed E-state index contributed by atoms with van der Waals surface area (Å²) in [6.07, 6.45) is -7.39. The van der Waals surface area contributed by atoms with Gasteiger partial charge in [-0.3, -0.25) is 10.3 Å². The summed E-state index contributed by atoms with van der Waals surface area (Å²) >= 11 is 0. The highest BCUT2D eigenvalue weighted by Gasteiger charge is 2.59. The van der Waals surface area contributed by atoms with Gasteiger partial charge in [-0.2, -0.15) is 13.2 Å². The molecule has 0 saturated heterocycles. The van der Waals surface area contributed by atoms with E-state index >= 15 is 0 Å². The Hall–Kier alpha value is -4.15. The molecule has 38 heavy (non-hydrogen) atoms. The third-order valence-electron chi connectivity index (χ3n) is 5.73. The van der Waals surface area contributed by atoms with E-state index in [9.17, 15) is 31.1 Å². The van der Waals surface area contributed by atoms with Crippen LogP contribution < -0.4 is 21.5 Å². The zero-order chi connectivity index (χ0) is 28.0. The first kappa shape index (κ1) is 26.9. The highest BCUT2D eigenvalue weighted by atomic mass is 19.4. The Kier molecular flexibility index (Phi) is 6.59. The number of pyridine rings is 1. The van der Waals surface area contributed by atoms with Crippen molar-refractivity contribution in [1.82, 2.24) is 19.5 Å². The molecule has 2 atom stereocenters. The molecular weight excluding hydrogens is 526 g/mol. The molecule has 0 unspecified atom stereocenters. The van der Waals surface area contributed by atoms with Crippen molar-refractivity contribution in [3.8, 4) is 5.88 Å². The Bertz CT molecular complexity index is 1430. The molecule has 4 rings (SSSR count). The number of nitrogens with one attached hydrogen (secondary N) is 1. The predicted molar refractivity (Wildman–Crippen MR) is 121 cm³/mol. The molecule has 0 aliphatic carbocycles. The second-order valence-corrected chi connectivity index (χ2v) is 8.61. The Morgan fingerprint density at radius 3 is 2.55 bits per heavy atom. The number of rotatable bonds is 5. The molecule has 1 aliphatic rings. The molecule has 1 aliphatic heterocycles. The Morgan fingerprint density at radius 2 is 1.92 bits per heavy atom. The normalized spacial score (nSPS) is 22.0. The molecule has 0 spiro atoms. The van der Waals surface area contributed by atoms with E-state index in [1.807, 2.05) is 0 Å². The van der Waals surface area contributed by atoms with Gasteiger partial charge in [-0.1, -0.05) is 0 Å². The monoisotopic (exact) mass is 546 g/mol. The topological polar surface area (TPSA) is 156 Å². The summed E-state index contributed by atoms with van der Waals surface area (Å²) < 4.78 is 91.3. The van der Waals surface area contributed by atoms with Crippen molar-refractivity contribution in [2.75, 3.05) is 17.7 Å². The number of carbonyl (C=O) groups excluding carboxylic acids is 1. The van der Waals surface area contributed by atoms with Crippen LogP contribution in [0.5, 0.6) is 5.88 Å². The van der Waals surface area contributed by atoms with Crippen molar-refractivity contribution in [3.63, 3.8) is 0 Å². The Balaban J connectivity index is 1.55. The SMILES string of the molecule is C[C@@]1(c2nc(NC(=O)Oc3nc4ccn(CC(F)F)c4nc3N)ccc2F)CO[C@@](C)(C(F)(F)F)C(N)=N1. The van der Waals surface area contributed by atoms with Gasteiger partial charge in [0.05, 0.1) is 13.2 Å². The Morgan fingerprint density at radius 1 is 1.21 bits per heavy atom. The molecule has 17 heteroatoms. The summed E-state index contributed by atoms with van der Waals surface area (Å²) in [4.78, 5) is 28.1. The largest absolute Gasteiger partial charge is 0.424 e. The van der Waals surface area contributed by atoms with E-state index < -0.39 is 66.2 Å². The van der Waals surface area contributed by atoms with Crippen molar-refractivity contribution >= 4 is 34.7 Å². The van der Waals surface area contributed by atoms with Crippen molar-refractivity contribution in [2.24, 2.45) is 10.7 Å². The van der Waals surface area contributed by atoms with Crippen LogP contribution >= 0.6 is 0 Å². The summed E-state index contributed by atoms with van der Waals surface area (Å²) in [5.74, 6) is -2.95. The lowest BCUT2D eigenvalue weighted by molar-refractivity contribution is -0.249. The van der Waals surface area contributed by atoms with E-state index in [1.165, 1.54) is 19.2 Å². The number of nitrogens with zero attached hydrogens (tertiary/aromatic N) is 5. The number of aromatic nitrogens is 4. The number of halogens is 6. The fourth-order valence-corrected chi connectivity index (χ4v) is 3.58. The molecule has 1 amide bonds. The maximum absolute atomic E-state index is 14.6. The molecule has 0 fully saturated rings. The molecule has 0 bridgehead atoms. The lowest BCUT2D eigenvalue weighted by Gasteiger charge is -2.40. The number of fused-ring (bicyclic) bond motifs is 1. The van der Waals surface area contributed by atoms with Gasteiger partial charge in [0.25, 0.3) is 12.3 Å². The van der Waals surface area contributed by atoms with Crippen LogP contribution in [0.1, 0.15) is 19.5 Å². The molecular formula is C21H20F6N8O3. The summed E-state index contributed by atoms with van der Waals surface area (Å²) in [7, 11) is 0. The van der Waals surface area contributed by atoms with E-state index in [1.54, 1.807) is 0 Å². The molecule has 11 nitrogen and oxygen atoms in total. The lowest BCUT2D eigenvalue weighted by atomic mass is 9.93. The number of amides is 1. The quantitative estimate of drug-likeness (QED) is 0.412. The highest BCUT2D eigenvalue weighted by Crippen LogP contribution is 2.41. The lowest BCUT2D eigenvalue weighted by Crippen LogP contribution is -2.60. The maximum atomic E-state index is 14.6. The smallest absolute Gasteiger partial charge is 0.387 e. The van der Waals surface area contributed by atoms with Crippen LogP contribution in [0.15, 0.2) is 29.4 Å². The van der Waals surface area contributed by atoms with Gasteiger partial charge in [0, 0.05) is 6.20 Å². The van der Waals surface area contributed by atoms with Gasteiger partial charge in [-0.25, -0.2) is 32.9 Å². The summed E-state index contributed by atoms with van der Waals surface area (Å²) in [6.45, 7) is 0.586. The average molecular weight is 546 g/mol. The molecule has 5 N–H and O–H groups in total. The van der Waals surface area contributed by atoms with Crippen LogP contribution in [0.4, 0.5) is 42.8 Å². The van der Waals surface area contributed by atoms with Crippen molar-refractivity contribution < 1.29 is 40.6 Å². The number of aliphatic imine (C=N–C) groups is 1. The van der Waals surface area contributed by atoms with Gasteiger partial charge in [0.1, 0.15) is 34.2 Å². The summed E-state index contributed by atoms with van der Waals surface area (Å²) in [6, 6.07) is 3.33. The third kappa shape index (κ3) is 4.88. The molecule has 4 heterocycles. The van der Waals surface area contributed by atoms with Crippen molar-refractivity contribution in [1.29, 1.82) is 0 Å². The molecule has 3 aromatic rings. The van der Waals surface area contributed by atoms with E-state index in [-0.39, 0.29) is 22.8 Å². The molecule has 0 saturated carbocycles. The van der Waals surface area contributed by atoms with E-state index in [4.69, 9.17) is 20.9 Å². The average Bonchev–Trinajstić information content (AvgIpc) is 3.18. The van der Waals surface area contributed by atoms with Crippen LogP contribution in [0.25, 0.3) is 11.2 Å². The van der Waals surface area contributed by atoms with Crippen LogP contribution in [0, 0.1) is 5.82 Å². The van der Waals surface area contributed by atoms with Crippen molar-refractivity contribution in [3.05, 3.63) is 35.9 Å². The van der Waals surface area contributed by atoms with Gasteiger partial charge in [-0.15, -0.1) is 0 Å². The van der Waals surface area contributed by atoms with Crippen LogP contribution in [0.3, 0.4) is 0 Å². The van der Waals surface area contributed by atoms with Gasteiger partial charge in [0.15, 0.2) is 11.5 Å². The predicted octanol–water partition coefficient (Wildman–Crippen LogP) is 3.35. The minimum atomic E-state index is -4.87. The number of nitrogens with two attached hydrogens (primary N) is 2. The first-order valence-corrected chi connectivity index (χ1v) is 10.8. The minimum Gasteiger partial charge on any atom is -0.387 e. The van der Waals surface area contributed by atoms with Gasteiger partial charge < -0.3 is 25.5 Å². The van der Waals surface area contributed by atoms with E-state index in [0.717, 1.165) is 16.7 Å². The summed E-state index contributed by atoms with van der Waals surface area (Å²) in [5.41, 5.74) is 6.38. The standard InChI is InChI=1S/C21H20F6N8O3/c1-19(8-37-20(2,17(29)34-19)21(25,26)27)13-9(22)3-4-12(31-13)32-18(36)38-16-14(28)33-15-10(30-16)5-6-35(15)7-11(23)24/h3-6,11H,7-8H2,1-2H3,(H2,28,33)(H2,29,34)(H,31,32,36)/t19-,20+/m0/s1. The van der Waals surface area contributed by atoms with Crippen LogP contribution in [0.2, 0.25) is 0 Å². The van der Waals surface area contributed by atoms with Crippen LogP contribution in [-0.4, -0.2) is 56.3 Å². The fourth-order valence-electron chi connectivity index (χ4n) is 3.58. The minimum absolute atomic E-state index is 0.0461. The number of amidine groups is 1. The zero-order valence-electron chi connectivity index (χ0n) is 19.7. The second-order valence-electron chi connectivity index (χ2n) is 8.61. The number of hydrogen-bond donors (Lipinski definition) is 3. The number of ether oxygens (including phenoxy) is 2. The maximum Gasteiger partial charge on any atom is 0.424 e. The summed E-state index contributed by atoms with van der Waals surface area (Å²) in [5, 5.41) is 2.21. The first-order valence-electron chi connectivity index (χ1n) is 10.8.